The van der Waals surface area contributed by atoms with Crippen molar-refractivity contribution in [2.45, 2.75) is 18.9 Å². The van der Waals surface area contributed by atoms with Crippen LogP contribution in [0.1, 0.15) is 12.0 Å². The molecule has 8 nitrogen and oxygen atoms in total. The second kappa shape index (κ2) is 10.5. The molecule has 1 aromatic carbocycles. The summed E-state index contributed by atoms with van der Waals surface area (Å²) in [5.74, 6) is 3.21. The topological polar surface area (TPSA) is 67.8 Å². The number of benzene rings is 1. The van der Waals surface area contributed by atoms with E-state index in [2.05, 4.69) is 20.1 Å². The normalized spacial score (nSPS) is 20.6. The van der Waals surface area contributed by atoms with Gasteiger partial charge in [-0.15, -0.1) is 0 Å². The molecule has 0 saturated carbocycles. The van der Waals surface area contributed by atoms with Gasteiger partial charge in [-0.1, -0.05) is 0 Å². The third kappa shape index (κ3) is 5.25. The molecule has 8 heteroatoms. The second-order valence-corrected chi connectivity index (χ2v) is 7.27. The summed E-state index contributed by atoms with van der Waals surface area (Å²) in [4.78, 5) is 9.39. The summed E-state index contributed by atoms with van der Waals surface area (Å²) in [5.41, 5.74) is 1.02. The maximum Gasteiger partial charge on any atom is 0.193 e. The van der Waals surface area contributed by atoms with Crippen molar-refractivity contribution in [2.24, 2.45) is 4.99 Å². The van der Waals surface area contributed by atoms with Crippen molar-refractivity contribution in [1.82, 2.24) is 15.1 Å². The minimum Gasteiger partial charge on any atom is -0.496 e. The zero-order valence-electron chi connectivity index (χ0n) is 18.1. The van der Waals surface area contributed by atoms with Gasteiger partial charge < -0.3 is 29.2 Å². The van der Waals surface area contributed by atoms with Gasteiger partial charge in [0, 0.05) is 63.5 Å². The molecule has 162 valence electrons. The minimum atomic E-state index is 0.583. The van der Waals surface area contributed by atoms with Crippen LogP contribution in [0.4, 0.5) is 0 Å². The monoisotopic (exact) mass is 406 g/mol. The molecule has 0 bridgehead atoms. The number of morpholine rings is 1. The number of guanidine groups is 1. The summed E-state index contributed by atoms with van der Waals surface area (Å²) < 4.78 is 21.9. The lowest BCUT2D eigenvalue weighted by molar-refractivity contribution is 0.0195. The molecule has 29 heavy (non-hydrogen) atoms. The van der Waals surface area contributed by atoms with Gasteiger partial charge in [0.1, 0.15) is 17.2 Å². The highest BCUT2D eigenvalue weighted by atomic mass is 16.5. The average molecular weight is 407 g/mol. The van der Waals surface area contributed by atoms with Crippen LogP contribution in [0.15, 0.2) is 17.1 Å². The van der Waals surface area contributed by atoms with E-state index in [1.807, 2.05) is 19.2 Å². The van der Waals surface area contributed by atoms with Crippen LogP contribution in [0.5, 0.6) is 17.2 Å². The van der Waals surface area contributed by atoms with Crippen molar-refractivity contribution in [3.05, 3.63) is 17.7 Å². The number of hydrogen-bond acceptors (Lipinski definition) is 6. The van der Waals surface area contributed by atoms with Gasteiger partial charge in [0.25, 0.3) is 0 Å². The van der Waals surface area contributed by atoms with E-state index in [9.17, 15) is 0 Å². The molecule has 1 aromatic rings. The quantitative estimate of drug-likeness (QED) is 0.540. The standard InChI is InChI=1S/C21H34N4O4/c1-22-21(25-8-6-16(15-25)24-9-11-29-12-10-24)23-7-5-18-19(27-3)13-17(26-2)14-20(18)28-4/h13-14,16H,5-12,15H2,1-4H3,(H,22,23). The highest BCUT2D eigenvalue weighted by Gasteiger charge is 2.30. The lowest BCUT2D eigenvalue weighted by Crippen LogP contribution is -2.46. The zero-order chi connectivity index (χ0) is 20.6. The van der Waals surface area contributed by atoms with Gasteiger partial charge in [0.15, 0.2) is 5.96 Å². The third-order valence-corrected chi connectivity index (χ3v) is 5.71. The number of ether oxygens (including phenoxy) is 4. The van der Waals surface area contributed by atoms with Crippen molar-refractivity contribution >= 4 is 5.96 Å². The predicted octanol–water partition coefficient (Wildman–Crippen LogP) is 1.24. The first-order chi connectivity index (χ1) is 14.2. The maximum absolute atomic E-state index is 5.55. The molecule has 3 rings (SSSR count). The lowest BCUT2D eigenvalue weighted by Gasteiger charge is -2.32. The number of nitrogens with one attached hydrogen (secondary N) is 1. The molecule has 0 spiro atoms. The van der Waals surface area contributed by atoms with Gasteiger partial charge in [-0.05, 0) is 12.8 Å². The van der Waals surface area contributed by atoms with E-state index in [1.165, 1.54) is 6.42 Å². The van der Waals surface area contributed by atoms with Crippen LogP contribution in [0.2, 0.25) is 0 Å². The lowest BCUT2D eigenvalue weighted by atomic mass is 10.1. The molecule has 2 aliphatic heterocycles. The summed E-state index contributed by atoms with van der Waals surface area (Å²) in [6, 6.07) is 4.36. The summed E-state index contributed by atoms with van der Waals surface area (Å²) in [7, 11) is 6.82. The molecule has 2 saturated heterocycles. The number of nitrogens with zero attached hydrogens (tertiary/aromatic N) is 3. The molecule has 0 aliphatic carbocycles. The minimum absolute atomic E-state index is 0.583. The van der Waals surface area contributed by atoms with E-state index < -0.39 is 0 Å². The van der Waals surface area contributed by atoms with E-state index in [1.54, 1.807) is 21.3 Å². The highest BCUT2D eigenvalue weighted by molar-refractivity contribution is 5.80. The number of aliphatic imine (C=N–C) groups is 1. The molecule has 2 aliphatic rings. The third-order valence-electron chi connectivity index (χ3n) is 5.71. The Hall–Kier alpha value is -2.19. The van der Waals surface area contributed by atoms with E-state index in [0.717, 1.165) is 81.1 Å². The molecular weight excluding hydrogens is 372 g/mol. The molecule has 0 amide bonds. The van der Waals surface area contributed by atoms with Crippen LogP contribution in [0.25, 0.3) is 0 Å². The van der Waals surface area contributed by atoms with Gasteiger partial charge in [0.2, 0.25) is 0 Å². The zero-order valence-corrected chi connectivity index (χ0v) is 18.1. The summed E-state index contributed by atoms with van der Waals surface area (Å²) >= 11 is 0. The first-order valence-corrected chi connectivity index (χ1v) is 10.3. The molecule has 0 radical (unpaired) electrons. The molecule has 2 heterocycles. The van der Waals surface area contributed by atoms with E-state index in [0.29, 0.717) is 6.04 Å². The van der Waals surface area contributed by atoms with E-state index in [4.69, 9.17) is 18.9 Å². The molecule has 2 fully saturated rings. The van der Waals surface area contributed by atoms with Gasteiger partial charge in [-0.25, -0.2) is 0 Å². The Morgan fingerprint density at radius 1 is 1.10 bits per heavy atom. The van der Waals surface area contributed by atoms with Gasteiger partial charge >= 0.3 is 0 Å². The SMILES string of the molecule is CN=C(NCCc1c(OC)cc(OC)cc1OC)N1CCC(N2CCOCC2)C1. The summed E-state index contributed by atoms with van der Waals surface area (Å²) in [5, 5.41) is 3.50. The summed E-state index contributed by atoms with van der Waals surface area (Å²) in [6.07, 6.45) is 1.93. The van der Waals surface area contributed by atoms with E-state index >= 15 is 0 Å². The average Bonchev–Trinajstić information content (AvgIpc) is 3.27. The van der Waals surface area contributed by atoms with Crippen LogP contribution in [0.3, 0.4) is 0 Å². The fraction of sp³-hybridized carbons (Fsp3) is 0.667. The highest BCUT2D eigenvalue weighted by Crippen LogP contribution is 2.34. The van der Waals surface area contributed by atoms with Crippen molar-refractivity contribution in [3.8, 4) is 17.2 Å². The molecule has 1 unspecified atom stereocenters. The Labute approximate surface area is 173 Å². The van der Waals surface area contributed by atoms with Gasteiger partial charge in [-0.2, -0.15) is 0 Å². The number of methoxy groups -OCH3 is 3. The van der Waals surface area contributed by atoms with Gasteiger partial charge in [-0.3, -0.25) is 9.89 Å². The van der Waals surface area contributed by atoms with Crippen LogP contribution in [0, 0.1) is 0 Å². The molecule has 1 N–H and O–H groups in total. The Morgan fingerprint density at radius 3 is 2.38 bits per heavy atom. The molecule has 0 aromatic heterocycles. The molecular formula is C21H34N4O4. The number of rotatable bonds is 7. The van der Waals surface area contributed by atoms with Crippen LogP contribution >= 0.6 is 0 Å². The van der Waals surface area contributed by atoms with Crippen molar-refractivity contribution in [3.63, 3.8) is 0 Å². The smallest absolute Gasteiger partial charge is 0.193 e. The number of likely N-dealkylation sites (tertiary alicyclic amines) is 1. The first-order valence-electron chi connectivity index (χ1n) is 10.3. The van der Waals surface area contributed by atoms with Crippen molar-refractivity contribution < 1.29 is 18.9 Å². The van der Waals surface area contributed by atoms with Crippen molar-refractivity contribution in [2.75, 3.05) is 74.3 Å². The fourth-order valence-electron chi connectivity index (χ4n) is 4.13. The number of hydrogen-bond donors (Lipinski definition) is 1. The van der Waals surface area contributed by atoms with Crippen LogP contribution in [-0.4, -0.2) is 96.1 Å². The molecule has 1 atom stereocenters. The van der Waals surface area contributed by atoms with Gasteiger partial charge in [0.05, 0.1) is 34.5 Å². The maximum atomic E-state index is 5.55. The Balaban J connectivity index is 1.57. The van der Waals surface area contributed by atoms with Crippen molar-refractivity contribution in [1.29, 1.82) is 0 Å². The Bertz CT molecular complexity index is 666. The summed E-state index contributed by atoms with van der Waals surface area (Å²) in [6.45, 7) is 6.52. The Kier molecular flexibility index (Phi) is 7.83. The van der Waals surface area contributed by atoms with E-state index in [-0.39, 0.29) is 0 Å². The van der Waals surface area contributed by atoms with Crippen LogP contribution in [-0.2, 0) is 11.2 Å². The largest absolute Gasteiger partial charge is 0.496 e. The first kappa shape index (κ1) is 21.5. The van der Waals surface area contributed by atoms with Crippen LogP contribution < -0.4 is 19.5 Å². The second-order valence-electron chi connectivity index (χ2n) is 7.27. The fourth-order valence-corrected chi connectivity index (χ4v) is 4.13. The Morgan fingerprint density at radius 2 is 1.79 bits per heavy atom. The predicted molar refractivity (Wildman–Crippen MR) is 114 cm³/mol.